The Morgan fingerprint density at radius 3 is 1.64 bits per heavy atom. The van der Waals surface area contributed by atoms with Crippen molar-refractivity contribution >= 4 is 38.3 Å². The van der Waals surface area contributed by atoms with Crippen molar-refractivity contribution in [3.05, 3.63) is 0 Å². The maximum atomic E-state index is 8.36. The lowest BCUT2D eigenvalue weighted by Crippen LogP contribution is -2.17. The highest BCUT2D eigenvalue weighted by Gasteiger charge is 2.18. The zero-order valence-electron chi connectivity index (χ0n) is 6.17. The normalized spacial score (nSPS) is 30.0. The van der Waals surface area contributed by atoms with Gasteiger partial charge in [0.1, 0.15) is 0 Å². The second kappa shape index (κ2) is 7.10. The molecule has 0 aromatic rings. The average molecular weight is 288 g/mol. The van der Waals surface area contributed by atoms with Crippen LogP contribution >= 0.6 is 31.9 Å². The monoisotopic (exact) mass is 286 g/mol. The second-order valence-electron chi connectivity index (χ2n) is 2.42. The summed E-state index contributed by atoms with van der Waals surface area (Å²) in [5.41, 5.74) is 0. The Bertz CT molecular complexity index is 98.6. The standard InChI is InChI=1S/C6H10Br2.CH2O2/c7-5-3-1-2-4-6(5)8;2-1-3/h5-6H,1-4H2;1H,(H,2,3). The molecule has 1 aliphatic carbocycles. The van der Waals surface area contributed by atoms with Crippen LogP contribution in [-0.4, -0.2) is 21.2 Å². The maximum Gasteiger partial charge on any atom is 0.290 e. The van der Waals surface area contributed by atoms with E-state index in [-0.39, 0.29) is 6.47 Å². The lowest BCUT2D eigenvalue weighted by Gasteiger charge is -2.21. The van der Waals surface area contributed by atoms with Gasteiger partial charge in [-0.1, -0.05) is 44.7 Å². The van der Waals surface area contributed by atoms with Crippen LogP contribution < -0.4 is 0 Å². The molecule has 0 amide bonds. The number of carbonyl (C=O) groups is 1. The fourth-order valence-electron chi connectivity index (χ4n) is 1.04. The molecule has 0 radical (unpaired) electrons. The number of hydrogen-bond acceptors (Lipinski definition) is 1. The number of rotatable bonds is 0. The Morgan fingerprint density at radius 1 is 1.18 bits per heavy atom. The first-order valence-electron chi connectivity index (χ1n) is 3.58. The molecular weight excluding hydrogens is 276 g/mol. The van der Waals surface area contributed by atoms with Crippen molar-refractivity contribution in [1.82, 2.24) is 0 Å². The van der Waals surface area contributed by atoms with Gasteiger partial charge in [0.2, 0.25) is 0 Å². The maximum absolute atomic E-state index is 8.36. The molecule has 0 bridgehead atoms. The van der Waals surface area contributed by atoms with Gasteiger partial charge in [0.05, 0.1) is 0 Å². The Balaban J connectivity index is 0.000000292. The molecule has 2 atom stereocenters. The van der Waals surface area contributed by atoms with Crippen LogP contribution in [0.4, 0.5) is 0 Å². The number of halogens is 2. The van der Waals surface area contributed by atoms with Gasteiger partial charge in [0, 0.05) is 9.65 Å². The van der Waals surface area contributed by atoms with Crippen molar-refractivity contribution in [2.75, 3.05) is 0 Å². The summed E-state index contributed by atoms with van der Waals surface area (Å²) in [5, 5.41) is 6.89. The smallest absolute Gasteiger partial charge is 0.290 e. The molecule has 0 spiro atoms. The molecule has 1 fully saturated rings. The summed E-state index contributed by atoms with van der Waals surface area (Å²) in [6.07, 6.45) is 5.49. The predicted molar refractivity (Wildman–Crippen MR) is 52.6 cm³/mol. The summed E-state index contributed by atoms with van der Waals surface area (Å²) in [6.45, 7) is -0.250. The lowest BCUT2D eigenvalue weighted by atomic mass is 10.0. The molecule has 66 valence electrons. The fourth-order valence-corrected chi connectivity index (χ4v) is 2.22. The SMILES string of the molecule is BrC1CCCCC1Br.O=CO. The van der Waals surface area contributed by atoms with Gasteiger partial charge in [-0.3, -0.25) is 4.79 Å². The lowest BCUT2D eigenvalue weighted by molar-refractivity contribution is -0.122. The summed E-state index contributed by atoms with van der Waals surface area (Å²) >= 11 is 7.21. The first-order chi connectivity index (χ1) is 5.22. The van der Waals surface area contributed by atoms with Crippen LogP contribution in [0.5, 0.6) is 0 Å². The van der Waals surface area contributed by atoms with E-state index in [2.05, 4.69) is 31.9 Å². The Labute approximate surface area is 83.6 Å². The van der Waals surface area contributed by atoms with Crippen molar-refractivity contribution in [2.45, 2.75) is 35.3 Å². The minimum atomic E-state index is -0.250. The average Bonchev–Trinajstić information content (AvgIpc) is 1.97. The quantitative estimate of drug-likeness (QED) is 0.549. The fraction of sp³-hybridized carbons (Fsp3) is 0.857. The van der Waals surface area contributed by atoms with Crippen LogP contribution in [0.1, 0.15) is 25.7 Å². The molecule has 4 heteroatoms. The van der Waals surface area contributed by atoms with Gasteiger partial charge in [0.15, 0.2) is 0 Å². The summed E-state index contributed by atoms with van der Waals surface area (Å²) in [7, 11) is 0. The third-order valence-corrected chi connectivity index (χ3v) is 4.50. The minimum absolute atomic E-state index is 0.250. The van der Waals surface area contributed by atoms with Crippen LogP contribution in [0, 0.1) is 0 Å². The molecule has 1 saturated carbocycles. The summed E-state index contributed by atoms with van der Waals surface area (Å²) < 4.78 is 0. The highest BCUT2D eigenvalue weighted by atomic mass is 79.9. The van der Waals surface area contributed by atoms with E-state index in [0.29, 0.717) is 0 Å². The van der Waals surface area contributed by atoms with E-state index in [9.17, 15) is 0 Å². The van der Waals surface area contributed by atoms with Gasteiger partial charge in [-0.25, -0.2) is 0 Å². The highest BCUT2D eigenvalue weighted by molar-refractivity contribution is 9.12. The van der Waals surface area contributed by atoms with Gasteiger partial charge in [0.25, 0.3) is 6.47 Å². The third-order valence-electron chi connectivity index (χ3n) is 1.60. The van der Waals surface area contributed by atoms with Crippen molar-refractivity contribution in [2.24, 2.45) is 0 Å². The van der Waals surface area contributed by atoms with E-state index in [1.165, 1.54) is 25.7 Å². The zero-order valence-corrected chi connectivity index (χ0v) is 9.34. The number of hydrogen-bond donors (Lipinski definition) is 1. The third kappa shape index (κ3) is 5.67. The van der Waals surface area contributed by atoms with E-state index in [1.54, 1.807) is 0 Å². The van der Waals surface area contributed by atoms with Crippen molar-refractivity contribution < 1.29 is 9.90 Å². The van der Waals surface area contributed by atoms with Crippen LogP contribution in [0.2, 0.25) is 0 Å². The largest absolute Gasteiger partial charge is 0.483 e. The highest BCUT2D eigenvalue weighted by Crippen LogP contribution is 2.29. The summed E-state index contributed by atoms with van der Waals surface area (Å²) in [4.78, 5) is 9.83. The van der Waals surface area contributed by atoms with Gasteiger partial charge >= 0.3 is 0 Å². The molecule has 0 saturated heterocycles. The molecular formula is C7H12Br2O2. The number of alkyl halides is 2. The Kier molecular flexibility index (Phi) is 7.38. The van der Waals surface area contributed by atoms with Crippen molar-refractivity contribution in [3.8, 4) is 0 Å². The minimum Gasteiger partial charge on any atom is -0.483 e. The topological polar surface area (TPSA) is 37.3 Å². The first kappa shape index (κ1) is 11.4. The predicted octanol–water partition coefficient (Wildman–Crippen LogP) is 2.79. The van der Waals surface area contributed by atoms with Crippen LogP contribution in [0.25, 0.3) is 0 Å². The molecule has 1 N–H and O–H groups in total. The zero-order chi connectivity index (χ0) is 8.69. The first-order valence-corrected chi connectivity index (χ1v) is 5.41. The molecule has 2 unspecified atom stereocenters. The second-order valence-corrected chi connectivity index (χ2v) is 4.77. The molecule has 2 nitrogen and oxygen atoms in total. The molecule has 1 rings (SSSR count). The Hall–Kier alpha value is 0.430. The summed E-state index contributed by atoms with van der Waals surface area (Å²) in [6, 6.07) is 0. The van der Waals surface area contributed by atoms with Gasteiger partial charge in [-0.15, -0.1) is 0 Å². The molecule has 0 aliphatic heterocycles. The molecule has 0 aromatic heterocycles. The molecule has 11 heavy (non-hydrogen) atoms. The van der Waals surface area contributed by atoms with Gasteiger partial charge < -0.3 is 5.11 Å². The van der Waals surface area contributed by atoms with E-state index < -0.39 is 0 Å². The molecule has 1 aliphatic rings. The Morgan fingerprint density at radius 2 is 1.45 bits per heavy atom. The van der Waals surface area contributed by atoms with E-state index in [1.807, 2.05) is 0 Å². The van der Waals surface area contributed by atoms with Crippen molar-refractivity contribution in [1.29, 1.82) is 0 Å². The van der Waals surface area contributed by atoms with Crippen LogP contribution in [0.15, 0.2) is 0 Å². The summed E-state index contributed by atoms with van der Waals surface area (Å²) in [5.74, 6) is 0. The van der Waals surface area contributed by atoms with Crippen molar-refractivity contribution in [3.63, 3.8) is 0 Å². The van der Waals surface area contributed by atoms with Gasteiger partial charge in [-0.2, -0.15) is 0 Å². The van der Waals surface area contributed by atoms with E-state index >= 15 is 0 Å². The van der Waals surface area contributed by atoms with E-state index in [4.69, 9.17) is 9.90 Å². The van der Waals surface area contributed by atoms with E-state index in [0.717, 1.165) is 9.65 Å². The number of carboxylic acid groups (broad SMARTS) is 1. The van der Waals surface area contributed by atoms with Crippen LogP contribution in [-0.2, 0) is 4.79 Å². The van der Waals surface area contributed by atoms with Crippen LogP contribution in [0.3, 0.4) is 0 Å². The van der Waals surface area contributed by atoms with Gasteiger partial charge in [-0.05, 0) is 12.8 Å². The molecule has 0 aromatic carbocycles. The molecule has 0 heterocycles.